The predicted molar refractivity (Wildman–Crippen MR) is 91.3 cm³/mol. The lowest BCUT2D eigenvalue weighted by atomic mass is 10.2. The first-order chi connectivity index (χ1) is 10.7. The molecule has 22 heavy (non-hydrogen) atoms. The van der Waals surface area contributed by atoms with Crippen molar-refractivity contribution in [2.45, 2.75) is 4.90 Å². The van der Waals surface area contributed by atoms with Crippen LogP contribution in [-0.4, -0.2) is 25.4 Å². The Morgan fingerprint density at radius 1 is 1.14 bits per heavy atom. The fourth-order valence-electron chi connectivity index (χ4n) is 2.13. The number of thioether (sulfide) groups is 1. The third-order valence-corrected chi connectivity index (χ3v) is 4.53. The molecule has 0 fully saturated rings. The minimum absolute atomic E-state index is 0.153. The fourth-order valence-corrected chi connectivity index (χ4v) is 2.95. The van der Waals surface area contributed by atoms with Crippen molar-refractivity contribution >= 4 is 39.3 Å². The number of anilines is 1. The first kappa shape index (κ1) is 15.2. The van der Waals surface area contributed by atoms with E-state index in [0.29, 0.717) is 24.5 Å². The molecular formula is C16H14BrNO3S. The molecule has 6 heteroatoms. The average molecular weight is 380 g/mol. The van der Waals surface area contributed by atoms with Crippen LogP contribution in [0, 0.1) is 0 Å². The van der Waals surface area contributed by atoms with Gasteiger partial charge in [-0.3, -0.25) is 4.79 Å². The SMILES string of the molecule is CSc1cc2c(cc1NC(=O)c1ccc(Br)cc1)OCCO2. The van der Waals surface area contributed by atoms with Gasteiger partial charge in [0.25, 0.3) is 5.91 Å². The van der Waals surface area contributed by atoms with Crippen LogP contribution < -0.4 is 14.8 Å². The number of hydrogen-bond donors (Lipinski definition) is 1. The number of benzene rings is 2. The average Bonchev–Trinajstić information content (AvgIpc) is 2.54. The molecule has 0 aromatic heterocycles. The van der Waals surface area contributed by atoms with Gasteiger partial charge in [-0.15, -0.1) is 11.8 Å². The molecule has 0 atom stereocenters. The van der Waals surface area contributed by atoms with Crippen LogP contribution in [0.4, 0.5) is 5.69 Å². The minimum atomic E-state index is -0.153. The Morgan fingerprint density at radius 3 is 2.41 bits per heavy atom. The Hall–Kier alpha value is -1.66. The molecule has 0 aliphatic carbocycles. The van der Waals surface area contributed by atoms with E-state index in [0.717, 1.165) is 20.8 Å². The van der Waals surface area contributed by atoms with Gasteiger partial charge in [0.05, 0.1) is 5.69 Å². The molecule has 0 unspecified atom stereocenters. The third kappa shape index (κ3) is 3.23. The van der Waals surface area contributed by atoms with Crippen molar-refractivity contribution in [3.63, 3.8) is 0 Å². The Bertz CT molecular complexity index is 703. The largest absolute Gasteiger partial charge is 0.486 e. The number of carbonyl (C=O) groups is 1. The second kappa shape index (κ2) is 6.62. The molecular weight excluding hydrogens is 366 g/mol. The topological polar surface area (TPSA) is 47.6 Å². The van der Waals surface area contributed by atoms with Crippen molar-refractivity contribution in [2.24, 2.45) is 0 Å². The Kier molecular flexibility index (Phi) is 4.59. The van der Waals surface area contributed by atoms with E-state index in [1.54, 1.807) is 23.9 Å². The molecule has 4 nitrogen and oxygen atoms in total. The molecule has 114 valence electrons. The molecule has 2 aromatic carbocycles. The maximum atomic E-state index is 12.4. The predicted octanol–water partition coefficient (Wildman–Crippen LogP) is 4.19. The molecule has 3 rings (SSSR count). The number of halogens is 1. The summed E-state index contributed by atoms with van der Waals surface area (Å²) in [6.45, 7) is 1.07. The number of ether oxygens (including phenoxy) is 2. The van der Waals surface area contributed by atoms with E-state index in [1.165, 1.54) is 0 Å². The van der Waals surface area contributed by atoms with Crippen LogP contribution in [0.5, 0.6) is 11.5 Å². The molecule has 1 N–H and O–H groups in total. The molecule has 0 bridgehead atoms. The zero-order chi connectivity index (χ0) is 15.5. The number of hydrogen-bond acceptors (Lipinski definition) is 4. The summed E-state index contributed by atoms with van der Waals surface area (Å²) in [6.07, 6.45) is 1.96. The Balaban J connectivity index is 1.87. The minimum Gasteiger partial charge on any atom is -0.486 e. The molecule has 1 aliphatic rings. The van der Waals surface area contributed by atoms with Crippen LogP contribution >= 0.6 is 27.7 Å². The van der Waals surface area contributed by atoms with Gasteiger partial charge in [0.1, 0.15) is 13.2 Å². The third-order valence-electron chi connectivity index (χ3n) is 3.22. The van der Waals surface area contributed by atoms with Gasteiger partial charge in [0.2, 0.25) is 0 Å². The summed E-state index contributed by atoms with van der Waals surface area (Å²) in [4.78, 5) is 13.3. The lowest BCUT2D eigenvalue weighted by Crippen LogP contribution is -2.17. The number of amides is 1. The second-order valence-electron chi connectivity index (χ2n) is 4.66. The standard InChI is InChI=1S/C16H14BrNO3S/c1-22-15-9-14-13(20-6-7-21-14)8-12(15)18-16(19)10-2-4-11(17)5-3-10/h2-5,8-9H,6-7H2,1H3,(H,18,19). The van der Waals surface area contributed by atoms with Crippen molar-refractivity contribution in [2.75, 3.05) is 24.8 Å². The lowest BCUT2D eigenvalue weighted by molar-refractivity contribution is 0.102. The van der Waals surface area contributed by atoms with Crippen molar-refractivity contribution in [1.82, 2.24) is 0 Å². The fraction of sp³-hybridized carbons (Fsp3) is 0.188. The van der Waals surface area contributed by atoms with E-state index in [9.17, 15) is 4.79 Å². The quantitative estimate of drug-likeness (QED) is 0.812. The van der Waals surface area contributed by atoms with Crippen LogP contribution in [-0.2, 0) is 0 Å². The maximum absolute atomic E-state index is 12.4. The van der Waals surface area contributed by atoms with E-state index in [-0.39, 0.29) is 5.91 Å². The first-order valence-corrected chi connectivity index (χ1v) is 8.73. The van der Waals surface area contributed by atoms with Crippen molar-refractivity contribution in [1.29, 1.82) is 0 Å². The number of nitrogens with one attached hydrogen (secondary N) is 1. The van der Waals surface area contributed by atoms with Gasteiger partial charge in [0, 0.05) is 21.0 Å². The maximum Gasteiger partial charge on any atom is 0.255 e. The zero-order valence-electron chi connectivity index (χ0n) is 11.9. The monoisotopic (exact) mass is 379 g/mol. The van der Waals surface area contributed by atoms with E-state index >= 15 is 0 Å². The van der Waals surface area contributed by atoms with Crippen LogP contribution in [0.1, 0.15) is 10.4 Å². The van der Waals surface area contributed by atoms with E-state index in [1.807, 2.05) is 30.5 Å². The van der Waals surface area contributed by atoms with Gasteiger partial charge in [-0.05, 0) is 36.6 Å². The van der Waals surface area contributed by atoms with E-state index in [2.05, 4.69) is 21.2 Å². The molecule has 1 heterocycles. The van der Waals surface area contributed by atoms with Crippen LogP contribution in [0.3, 0.4) is 0 Å². The summed E-state index contributed by atoms with van der Waals surface area (Å²) in [5.41, 5.74) is 1.33. The van der Waals surface area contributed by atoms with Crippen molar-refractivity contribution < 1.29 is 14.3 Å². The van der Waals surface area contributed by atoms with Crippen LogP contribution in [0.15, 0.2) is 45.8 Å². The van der Waals surface area contributed by atoms with Gasteiger partial charge < -0.3 is 14.8 Å². The second-order valence-corrected chi connectivity index (χ2v) is 6.42. The summed E-state index contributed by atoms with van der Waals surface area (Å²) in [7, 11) is 0. The number of fused-ring (bicyclic) bond motifs is 1. The highest BCUT2D eigenvalue weighted by atomic mass is 79.9. The first-order valence-electron chi connectivity index (χ1n) is 6.72. The van der Waals surface area contributed by atoms with Gasteiger partial charge in [-0.2, -0.15) is 0 Å². The van der Waals surface area contributed by atoms with Crippen LogP contribution in [0.25, 0.3) is 0 Å². The molecule has 0 saturated carbocycles. The van der Waals surface area contributed by atoms with Gasteiger partial charge in [-0.25, -0.2) is 0 Å². The summed E-state index contributed by atoms with van der Waals surface area (Å²) < 4.78 is 12.1. The molecule has 0 spiro atoms. The van der Waals surface area contributed by atoms with Gasteiger partial charge >= 0.3 is 0 Å². The molecule has 0 radical (unpaired) electrons. The summed E-state index contributed by atoms with van der Waals surface area (Å²) in [5, 5.41) is 2.94. The highest BCUT2D eigenvalue weighted by Gasteiger charge is 2.17. The van der Waals surface area contributed by atoms with Gasteiger partial charge in [0.15, 0.2) is 11.5 Å². The van der Waals surface area contributed by atoms with Gasteiger partial charge in [-0.1, -0.05) is 15.9 Å². The van der Waals surface area contributed by atoms with Crippen LogP contribution in [0.2, 0.25) is 0 Å². The molecule has 1 aliphatic heterocycles. The number of rotatable bonds is 3. The van der Waals surface area contributed by atoms with E-state index < -0.39 is 0 Å². The Morgan fingerprint density at radius 2 is 1.77 bits per heavy atom. The molecule has 0 saturated heterocycles. The van der Waals surface area contributed by atoms with Crippen molar-refractivity contribution in [3.8, 4) is 11.5 Å². The highest BCUT2D eigenvalue weighted by molar-refractivity contribution is 9.10. The lowest BCUT2D eigenvalue weighted by Gasteiger charge is -2.21. The van der Waals surface area contributed by atoms with Crippen molar-refractivity contribution in [3.05, 3.63) is 46.4 Å². The summed E-state index contributed by atoms with van der Waals surface area (Å²) in [6, 6.07) is 10.9. The number of carbonyl (C=O) groups excluding carboxylic acids is 1. The molecule has 2 aromatic rings. The normalized spacial score (nSPS) is 12.8. The summed E-state index contributed by atoms with van der Waals surface area (Å²) >= 11 is 4.91. The molecule has 1 amide bonds. The smallest absolute Gasteiger partial charge is 0.255 e. The highest BCUT2D eigenvalue weighted by Crippen LogP contribution is 2.39. The summed E-state index contributed by atoms with van der Waals surface area (Å²) in [5.74, 6) is 1.23. The van der Waals surface area contributed by atoms with E-state index in [4.69, 9.17) is 9.47 Å². The Labute approximate surface area is 141 Å². The zero-order valence-corrected chi connectivity index (χ0v) is 14.3.